The van der Waals surface area contributed by atoms with Crippen LogP contribution in [0.3, 0.4) is 0 Å². The average molecular weight is 326 g/mol. The van der Waals surface area contributed by atoms with E-state index in [1.807, 2.05) is 25.1 Å². The summed E-state index contributed by atoms with van der Waals surface area (Å²) >= 11 is 5.52. The first-order chi connectivity index (χ1) is 8.61. The zero-order valence-electron chi connectivity index (χ0n) is 10.7. The lowest BCUT2D eigenvalue weighted by molar-refractivity contribution is 0.409. The van der Waals surface area contributed by atoms with Crippen LogP contribution >= 0.6 is 27.3 Å². The lowest BCUT2D eigenvalue weighted by Crippen LogP contribution is -1.98. The van der Waals surface area contributed by atoms with Crippen LogP contribution in [0.2, 0.25) is 0 Å². The third kappa shape index (κ3) is 2.93. The van der Waals surface area contributed by atoms with Crippen molar-refractivity contribution in [2.24, 2.45) is 0 Å². The second kappa shape index (κ2) is 5.85. The number of hydrogen-bond acceptors (Lipinski definition) is 3. The Bertz CT molecular complexity index is 538. The van der Waals surface area contributed by atoms with Crippen LogP contribution in [0.4, 0.5) is 0 Å². The number of aromatic nitrogens is 1. The van der Waals surface area contributed by atoms with Gasteiger partial charge in [-0.3, -0.25) is 0 Å². The van der Waals surface area contributed by atoms with Crippen LogP contribution in [0.15, 0.2) is 24.3 Å². The molecule has 0 aliphatic carbocycles. The average Bonchev–Trinajstić information content (AvgIpc) is 2.69. The fourth-order valence-corrected chi connectivity index (χ4v) is 3.86. The molecule has 2 aromatic rings. The van der Waals surface area contributed by atoms with Crippen LogP contribution < -0.4 is 4.74 Å². The molecule has 0 spiro atoms. The molecule has 1 heterocycles. The largest absolute Gasteiger partial charge is 0.496 e. The predicted molar refractivity (Wildman–Crippen MR) is 80.0 cm³/mol. The van der Waals surface area contributed by atoms with Gasteiger partial charge in [-0.25, -0.2) is 4.98 Å². The Kier molecular flexibility index (Phi) is 4.40. The normalized spacial score (nSPS) is 12.4. The van der Waals surface area contributed by atoms with Gasteiger partial charge in [-0.2, -0.15) is 0 Å². The number of aryl methyl sites for hydroxylation is 2. The van der Waals surface area contributed by atoms with Crippen molar-refractivity contribution in [2.45, 2.75) is 25.1 Å². The molecular formula is C14H16BrNOS. The third-order valence-corrected chi connectivity index (χ3v) is 5.09. The summed E-state index contributed by atoms with van der Waals surface area (Å²) in [5.41, 5.74) is 2.33. The first-order valence-electron chi connectivity index (χ1n) is 5.81. The summed E-state index contributed by atoms with van der Waals surface area (Å²) in [4.78, 5) is 6.07. The molecular weight excluding hydrogens is 310 g/mol. The van der Waals surface area contributed by atoms with Crippen molar-refractivity contribution in [3.63, 3.8) is 0 Å². The second-order valence-electron chi connectivity index (χ2n) is 4.17. The highest BCUT2D eigenvalue weighted by Gasteiger charge is 2.16. The topological polar surface area (TPSA) is 22.1 Å². The van der Waals surface area contributed by atoms with Gasteiger partial charge >= 0.3 is 0 Å². The molecule has 0 fully saturated rings. The van der Waals surface area contributed by atoms with Gasteiger partial charge in [0.2, 0.25) is 0 Å². The molecule has 0 aliphatic rings. The van der Waals surface area contributed by atoms with E-state index in [0.29, 0.717) is 4.83 Å². The van der Waals surface area contributed by atoms with Gasteiger partial charge in [0.25, 0.3) is 0 Å². The third-order valence-electron chi connectivity index (χ3n) is 2.82. The minimum Gasteiger partial charge on any atom is -0.496 e. The summed E-state index contributed by atoms with van der Waals surface area (Å²) in [5.74, 6) is 0.945. The van der Waals surface area contributed by atoms with Gasteiger partial charge in [0.15, 0.2) is 0 Å². The highest BCUT2D eigenvalue weighted by atomic mass is 79.9. The minimum absolute atomic E-state index is 0.292. The second-order valence-corrected chi connectivity index (χ2v) is 6.51. The summed E-state index contributed by atoms with van der Waals surface area (Å²) in [6.07, 6.45) is 0.909. The van der Waals surface area contributed by atoms with E-state index in [1.54, 1.807) is 18.4 Å². The maximum atomic E-state index is 5.38. The maximum Gasteiger partial charge on any atom is 0.122 e. The highest BCUT2D eigenvalue weighted by molar-refractivity contribution is 9.09. The molecule has 0 N–H and O–H groups in total. The fourth-order valence-electron chi connectivity index (χ4n) is 2.00. The Labute approximate surface area is 120 Å². The van der Waals surface area contributed by atoms with E-state index < -0.39 is 0 Å². The number of ether oxygens (including phenoxy) is 1. The molecule has 1 atom stereocenters. The number of halogens is 1. The summed E-state index contributed by atoms with van der Waals surface area (Å²) in [5, 5.41) is 1.12. The van der Waals surface area contributed by atoms with Crippen molar-refractivity contribution < 1.29 is 4.74 Å². The summed E-state index contributed by atoms with van der Waals surface area (Å²) in [6.45, 7) is 4.11. The molecule has 0 amide bonds. The molecule has 18 heavy (non-hydrogen) atoms. The molecule has 1 aromatic heterocycles. The highest BCUT2D eigenvalue weighted by Crippen LogP contribution is 2.35. The van der Waals surface area contributed by atoms with E-state index in [2.05, 4.69) is 33.9 Å². The minimum atomic E-state index is 0.292. The molecule has 1 aromatic carbocycles. The number of thiazole rings is 1. The van der Waals surface area contributed by atoms with Crippen LogP contribution in [0, 0.1) is 13.8 Å². The molecule has 0 bridgehead atoms. The molecule has 0 aliphatic heterocycles. The molecule has 1 unspecified atom stereocenters. The Balaban J connectivity index is 2.21. The van der Waals surface area contributed by atoms with Gasteiger partial charge < -0.3 is 4.74 Å². The Hall–Kier alpha value is -0.870. The van der Waals surface area contributed by atoms with E-state index in [9.17, 15) is 0 Å². The SMILES string of the molecule is COc1ccccc1CC(Br)c1sc(C)nc1C. The number of para-hydroxylation sites is 1. The molecule has 96 valence electrons. The van der Waals surface area contributed by atoms with Crippen molar-refractivity contribution in [2.75, 3.05) is 7.11 Å². The molecule has 2 nitrogen and oxygen atoms in total. The van der Waals surface area contributed by atoms with Crippen LogP contribution in [0.1, 0.15) is 26.0 Å². The van der Waals surface area contributed by atoms with Gasteiger partial charge in [-0.15, -0.1) is 11.3 Å². The number of rotatable bonds is 4. The monoisotopic (exact) mass is 325 g/mol. The number of methoxy groups -OCH3 is 1. The maximum absolute atomic E-state index is 5.38. The van der Waals surface area contributed by atoms with Crippen LogP contribution in [-0.4, -0.2) is 12.1 Å². The standard InChI is InChI=1S/C14H16BrNOS/c1-9-14(18-10(2)16-9)12(15)8-11-6-4-5-7-13(11)17-3/h4-7,12H,8H2,1-3H3. The van der Waals surface area contributed by atoms with E-state index in [1.165, 1.54) is 10.4 Å². The van der Waals surface area contributed by atoms with Crippen molar-refractivity contribution in [3.8, 4) is 5.75 Å². The number of hydrogen-bond donors (Lipinski definition) is 0. The Morgan fingerprint density at radius 2 is 2.06 bits per heavy atom. The van der Waals surface area contributed by atoms with Crippen LogP contribution in [0.5, 0.6) is 5.75 Å². The van der Waals surface area contributed by atoms with Crippen LogP contribution in [0.25, 0.3) is 0 Å². The zero-order valence-corrected chi connectivity index (χ0v) is 13.1. The fraction of sp³-hybridized carbons (Fsp3) is 0.357. The smallest absolute Gasteiger partial charge is 0.122 e. The van der Waals surface area contributed by atoms with Gasteiger partial charge in [0.05, 0.1) is 22.6 Å². The van der Waals surface area contributed by atoms with Gasteiger partial charge in [0.1, 0.15) is 5.75 Å². The zero-order chi connectivity index (χ0) is 13.1. The number of benzene rings is 1. The van der Waals surface area contributed by atoms with E-state index in [-0.39, 0.29) is 0 Å². The number of nitrogens with zero attached hydrogens (tertiary/aromatic N) is 1. The van der Waals surface area contributed by atoms with Crippen molar-refractivity contribution in [1.29, 1.82) is 0 Å². The van der Waals surface area contributed by atoms with E-state index >= 15 is 0 Å². The summed E-state index contributed by atoms with van der Waals surface area (Å²) in [7, 11) is 1.71. The summed E-state index contributed by atoms with van der Waals surface area (Å²) in [6, 6.07) is 8.15. The van der Waals surface area contributed by atoms with Gasteiger partial charge in [0, 0.05) is 4.88 Å². The summed E-state index contributed by atoms with van der Waals surface area (Å²) < 4.78 is 5.38. The lowest BCUT2D eigenvalue weighted by atomic mass is 10.1. The Morgan fingerprint density at radius 3 is 2.67 bits per heavy atom. The first kappa shape index (κ1) is 13.6. The van der Waals surface area contributed by atoms with Crippen molar-refractivity contribution >= 4 is 27.3 Å². The van der Waals surface area contributed by atoms with Crippen molar-refractivity contribution in [1.82, 2.24) is 4.98 Å². The Morgan fingerprint density at radius 1 is 1.33 bits per heavy atom. The first-order valence-corrected chi connectivity index (χ1v) is 7.55. The lowest BCUT2D eigenvalue weighted by Gasteiger charge is -2.12. The van der Waals surface area contributed by atoms with Crippen molar-refractivity contribution in [3.05, 3.63) is 45.4 Å². The van der Waals surface area contributed by atoms with E-state index in [0.717, 1.165) is 22.9 Å². The number of alkyl halides is 1. The molecule has 0 saturated heterocycles. The predicted octanol–water partition coefficient (Wildman–Crippen LogP) is 4.45. The molecule has 0 radical (unpaired) electrons. The van der Waals surface area contributed by atoms with Gasteiger partial charge in [-0.1, -0.05) is 34.1 Å². The molecule has 0 saturated carbocycles. The molecule has 4 heteroatoms. The quantitative estimate of drug-likeness (QED) is 0.775. The van der Waals surface area contributed by atoms with Gasteiger partial charge in [-0.05, 0) is 31.9 Å². The van der Waals surface area contributed by atoms with E-state index in [4.69, 9.17) is 4.74 Å². The van der Waals surface area contributed by atoms with Crippen LogP contribution in [-0.2, 0) is 6.42 Å². The molecule has 2 rings (SSSR count).